The van der Waals surface area contributed by atoms with Crippen molar-refractivity contribution in [3.05, 3.63) is 24.0 Å². The van der Waals surface area contributed by atoms with E-state index in [1.165, 1.54) is 12.3 Å². The van der Waals surface area contributed by atoms with E-state index in [2.05, 4.69) is 10.3 Å². The average Bonchev–Trinajstić information content (AvgIpc) is 2.33. The van der Waals surface area contributed by atoms with Crippen LogP contribution in [-0.2, 0) is 4.79 Å². The lowest BCUT2D eigenvalue weighted by Gasteiger charge is -2.23. The van der Waals surface area contributed by atoms with Gasteiger partial charge in [-0.3, -0.25) is 14.6 Å². The number of hydrogen-bond donors (Lipinski definition) is 3. The second-order valence-corrected chi connectivity index (χ2v) is 5.97. The molecule has 1 atom stereocenters. The SMILES string of the molecule is CC(C)(C)CC(CNc1ccnc(C(N)=O)c1)C(=O)O. The Morgan fingerprint density at radius 1 is 1.45 bits per heavy atom. The number of nitrogens with zero attached hydrogens (tertiary/aromatic N) is 1. The van der Waals surface area contributed by atoms with Crippen molar-refractivity contribution >= 4 is 17.6 Å². The molecular weight excluding hydrogens is 258 g/mol. The predicted molar refractivity (Wildman–Crippen MR) is 76.4 cm³/mol. The molecule has 6 heteroatoms. The number of carbonyl (C=O) groups is 2. The summed E-state index contributed by atoms with van der Waals surface area (Å²) < 4.78 is 0. The molecule has 6 nitrogen and oxygen atoms in total. The van der Waals surface area contributed by atoms with Gasteiger partial charge in [0.2, 0.25) is 0 Å². The average molecular weight is 279 g/mol. The first-order chi connectivity index (χ1) is 9.19. The molecule has 20 heavy (non-hydrogen) atoms. The number of carbonyl (C=O) groups excluding carboxylic acids is 1. The molecule has 0 aliphatic rings. The van der Waals surface area contributed by atoms with Gasteiger partial charge in [0.05, 0.1) is 5.92 Å². The molecule has 0 bridgehead atoms. The summed E-state index contributed by atoms with van der Waals surface area (Å²) in [5.74, 6) is -1.95. The van der Waals surface area contributed by atoms with Crippen molar-refractivity contribution in [3.63, 3.8) is 0 Å². The van der Waals surface area contributed by atoms with Gasteiger partial charge in [0.1, 0.15) is 5.69 Å². The molecule has 1 aromatic rings. The highest BCUT2D eigenvalue weighted by Gasteiger charge is 2.24. The van der Waals surface area contributed by atoms with Gasteiger partial charge in [0.15, 0.2) is 0 Å². The van der Waals surface area contributed by atoms with E-state index in [4.69, 9.17) is 5.73 Å². The fraction of sp³-hybridized carbons (Fsp3) is 0.500. The van der Waals surface area contributed by atoms with Crippen molar-refractivity contribution in [1.82, 2.24) is 4.98 Å². The van der Waals surface area contributed by atoms with Crippen LogP contribution in [0.1, 0.15) is 37.7 Å². The Kier molecular flexibility index (Phi) is 5.07. The van der Waals surface area contributed by atoms with Crippen LogP contribution in [0.5, 0.6) is 0 Å². The van der Waals surface area contributed by atoms with Gasteiger partial charge in [-0.2, -0.15) is 0 Å². The zero-order valence-corrected chi connectivity index (χ0v) is 12.0. The molecule has 0 spiro atoms. The maximum absolute atomic E-state index is 11.2. The second kappa shape index (κ2) is 6.36. The van der Waals surface area contributed by atoms with E-state index in [0.29, 0.717) is 12.1 Å². The number of hydrogen-bond acceptors (Lipinski definition) is 4. The molecule has 1 aromatic heterocycles. The van der Waals surface area contributed by atoms with Crippen molar-refractivity contribution in [1.29, 1.82) is 0 Å². The first-order valence-corrected chi connectivity index (χ1v) is 6.41. The largest absolute Gasteiger partial charge is 0.481 e. The third-order valence-corrected chi connectivity index (χ3v) is 2.77. The van der Waals surface area contributed by atoms with E-state index in [0.717, 1.165) is 0 Å². The van der Waals surface area contributed by atoms with Gasteiger partial charge in [0.25, 0.3) is 5.91 Å². The first kappa shape index (κ1) is 15.9. The van der Waals surface area contributed by atoms with Crippen LogP contribution in [0, 0.1) is 11.3 Å². The minimum absolute atomic E-state index is 0.0681. The quantitative estimate of drug-likeness (QED) is 0.735. The van der Waals surface area contributed by atoms with Crippen molar-refractivity contribution in [2.75, 3.05) is 11.9 Å². The third-order valence-electron chi connectivity index (χ3n) is 2.77. The number of rotatable bonds is 6. The summed E-state index contributed by atoms with van der Waals surface area (Å²) in [6, 6.07) is 3.18. The topological polar surface area (TPSA) is 105 Å². The molecule has 4 N–H and O–H groups in total. The van der Waals surface area contributed by atoms with Gasteiger partial charge in [-0.1, -0.05) is 20.8 Å². The molecule has 0 fully saturated rings. The second-order valence-electron chi connectivity index (χ2n) is 5.97. The van der Waals surface area contributed by atoms with Gasteiger partial charge in [0, 0.05) is 18.4 Å². The molecule has 1 unspecified atom stereocenters. The highest BCUT2D eigenvalue weighted by molar-refractivity contribution is 5.91. The lowest BCUT2D eigenvalue weighted by Crippen LogP contribution is -2.27. The molecule has 0 saturated heterocycles. The van der Waals surface area contributed by atoms with Crippen molar-refractivity contribution in [3.8, 4) is 0 Å². The molecule has 1 rings (SSSR count). The van der Waals surface area contributed by atoms with Crippen molar-refractivity contribution in [2.45, 2.75) is 27.2 Å². The third kappa shape index (κ3) is 5.26. The van der Waals surface area contributed by atoms with Crippen LogP contribution in [0.3, 0.4) is 0 Å². The Morgan fingerprint density at radius 2 is 2.10 bits per heavy atom. The Morgan fingerprint density at radius 3 is 2.60 bits per heavy atom. The van der Waals surface area contributed by atoms with Crippen LogP contribution in [0.4, 0.5) is 5.69 Å². The molecule has 0 aliphatic heterocycles. The van der Waals surface area contributed by atoms with E-state index >= 15 is 0 Å². The maximum atomic E-state index is 11.2. The minimum atomic E-state index is -0.836. The Balaban J connectivity index is 2.70. The van der Waals surface area contributed by atoms with Gasteiger partial charge < -0.3 is 16.2 Å². The molecule has 0 aromatic carbocycles. The molecule has 1 amide bonds. The summed E-state index contributed by atoms with van der Waals surface area (Å²) in [7, 11) is 0. The zero-order valence-electron chi connectivity index (χ0n) is 12.0. The minimum Gasteiger partial charge on any atom is -0.481 e. The number of nitrogens with one attached hydrogen (secondary N) is 1. The van der Waals surface area contributed by atoms with Crippen molar-refractivity contribution in [2.24, 2.45) is 17.1 Å². The lowest BCUT2D eigenvalue weighted by molar-refractivity contribution is -0.142. The number of aliphatic carboxylic acids is 1. The van der Waals surface area contributed by atoms with Crippen LogP contribution in [0.2, 0.25) is 0 Å². The summed E-state index contributed by atoms with van der Waals surface area (Å²) in [6.07, 6.45) is 2.02. The van der Waals surface area contributed by atoms with E-state index in [-0.39, 0.29) is 17.7 Å². The van der Waals surface area contributed by atoms with Gasteiger partial charge in [-0.25, -0.2) is 0 Å². The van der Waals surface area contributed by atoms with E-state index in [1.807, 2.05) is 20.8 Å². The first-order valence-electron chi connectivity index (χ1n) is 6.41. The summed E-state index contributed by atoms with van der Waals surface area (Å²) in [5.41, 5.74) is 5.86. The highest BCUT2D eigenvalue weighted by atomic mass is 16.4. The lowest BCUT2D eigenvalue weighted by atomic mass is 9.84. The maximum Gasteiger partial charge on any atom is 0.308 e. The smallest absolute Gasteiger partial charge is 0.308 e. The van der Waals surface area contributed by atoms with E-state index in [1.54, 1.807) is 6.07 Å². The van der Waals surface area contributed by atoms with Crippen molar-refractivity contribution < 1.29 is 14.7 Å². The molecule has 110 valence electrons. The number of aromatic nitrogens is 1. The summed E-state index contributed by atoms with van der Waals surface area (Å²) in [5, 5.41) is 12.2. The number of amides is 1. The summed E-state index contributed by atoms with van der Waals surface area (Å²) >= 11 is 0. The Labute approximate surface area is 118 Å². The fourth-order valence-electron chi connectivity index (χ4n) is 1.90. The Bertz CT molecular complexity index is 495. The monoisotopic (exact) mass is 279 g/mol. The van der Waals surface area contributed by atoms with Crippen LogP contribution < -0.4 is 11.1 Å². The molecular formula is C14H21N3O3. The molecule has 1 heterocycles. The molecule has 0 radical (unpaired) electrons. The summed E-state index contributed by atoms with van der Waals surface area (Å²) in [6.45, 7) is 6.29. The van der Waals surface area contributed by atoms with Gasteiger partial charge in [-0.05, 0) is 24.0 Å². The number of anilines is 1. The standard InChI is InChI=1S/C14H21N3O3/c1-14(2,3)7-9(13(19)20)8-17-10-4-5-16-11(6-10)12(15)18/h4-6,9H,7-8H2,1-3H3,(H2,15,18)(H,16,17)(H,19,20). The van der Waals surface area contributed by atoms with Crippen LogP contribution in [0.15, 0.2) is 18.3 Å². The normalized spacial score (nSPS) is 12.8. The molecule has 0 saturated carbocycles. The van der Waals surface area contributed by atoms with Crippen LogP contribution in [0.25, 0.3) is 0 Å². The number of primary amides is 1. The zero-order chi connectivity index (χ0) is 15.3. The van der Waals surface area contributed by atoms with Crippen LogP contribution in [-0.4, -0.2) is 28.5 Å². The van der Waals surface area contributed by atoms with E-state index in [9.17, 15) is 14.7 Å². The number of pyridine rings is 1. The highest BCUT2D eigenvalue weighted by Crippen LogP contribution is 2.25. The van der Waals surface area contributed by atoms with E-state index < -0.39 is 17.8 Å². The number of carboxylic acids is 1. The Hall–Kier alpha value is -2.11. The molecule has 0 aliphatic carbocycles. The number of nitrogens with two attached hydrogens (primary N) is 1. The predicted octanol–water partition coefficient (Wildman–Crippen LogP) is 1.73. The number of carboxylic acid groups (broad SMARTS) is 1. The summed E-state index contributed by atoms with van der Waals surface area (Å²) in [4.78, 5) is 26.1. The van der Waals surface area contributed by atoms with Gasteiger partial charge in [-0.15, -0.1) is 0 Å². The fourth-order valence-corrected chi connectivity index (χ4v) is 1.90. The van der Waals surface area contributed by atoms with Gasteiger partial charge >= 0.3 is 5.97 Å². The van der Waals surface area contributed by atoms with Crippen LogP contribution >= 0.6 is 0 Å².